The van der Waals surface area contributed by atoms with Gasteiger partial charge in [0.1, 0.15) is 17.8 Å². The van der Waals surface area contributed by atoms with Gasteiger partial charge in [0.15, 0.2) is 0 Å². The number of rotatable bonds is 9. The molecule has 2 atom stereocenters. The Labute approximate surface area is 223 Å². The summed E-state index contributed by atoms with van der Waals surface area (Å²) >= 11 is 0. The summed E-state index contributed by atoms with van der Waals surface area (Å²) in [4.78, 5) is 21.1. The molecule has 0 bridgehead atoms. The molecule has 1 unspecified atom stereocenters. The van der Waals surface area contributed by atoms with Crippen LogP contribution in [-0.2, 0) is 33.4 Å². The van der Waals surface area contributed by atoms with Crippen molar-refractivity contribution in [3.8, 4) is 0 Å². The van der Waals surface area contributed by atoms with Crippen LogP contribution >= 0.6 is 0 Å². The first-order chi connectivity index (χ1) is 18.6. The summed E-state index contributed by atoms with van der Waals surface area (Å²) in [7, 11) is -4.07. The molecule has 10 nitrogen and oxygen atoms in total. The fourth-order valence-electron chi connectivity index (χ4n) is 4.36. The summed E-state index contributed by atoms with van der Waals surface area (Å²) < 4.78 is 107. The van der Waals surface area contributed by atoms with E-state index in [2.05, 4.69) is 24.6 Å². The molecule has 2 aromatic heterocycles. The van der Waals surface area contributed by atoms with Crippen molar-refractivity contribution >= 4 is 21.9 Å². The van der Waals surface area contributed by atoms with Gasteiger partial charge in [0, 0.05) is 18.4 Å². The molecule has 0 saturated heterocycles. The van der Waals surface area contributed by atoms with Crippen molar-refractivity contribution in [3.05, 3.63) is 70.9 Å². The van der Waals surface area contributed by atoms with Crippen LogP contribution in [0.4, 0.5) is 32.2 Å². The molecule has 3 N–H and O–H groups in total. The highest BCUT2D eigenvalue weighted by Crippen LogP contribution is 2.36. The van der Waals surface area contributed by atoms with E-state index in [1.54, 1.807) is 0 Å². The number of hydrogen-bond donors (Lipinski definition) is 2. The van der Waals surface area contributed by atoms with Crippen LogP contribution in [-0.4, -0.2) is 46.6 Å². The fourth-order valence-corrected chi connectivity index (χ4v) is 4.74. The third-order valence-electron chi connectivity index (χ3n) is 6.17. The second-order valence-electron chi connectivity index (χ2n) is 9.22. The number of hydrogen-bond acceptors (Lipinski definition) is 8. The van der Waals surface area contributed by atoms with E-state index in [1.165, 1.54) is 24.8 Å². The van der Waals surface area contributed by atoms with E-state index < -0.39 is 46.1 Å². The summed E-state index contributed by atoms with van der Waals surface area (Å²) in [5.41, 5.74) is -3.31. The van der Waals surface area contributed by atoms with E-state index in [9.17, 15) is 39.6 Å². The Morgan fingerprint density at radius 3 is 2.40 bits per heavy atom. The molecule has 216 valence electrons. The van der Waals surface area contributed by atoms with Crippen LogP contribution in [0.1, 0.15) is 52.0 Å². The normalized spacial score (nSPS) is 18.2. The topological polar surface area (TPSA) is 142 Å². The molecule has 1 saturated carbocycles. The first-order valence-electron chi connectivity index (χ1n) is 11.7. The summed E-state index contributed by atoms with van der Waals surface area (Å²) in [6, 6.07) is 2.32. The van der Waals surface area contributed by atoms with E-state index in [4.69, 9.17) is 5.14 Å². The largest absolute Gasteiger partial charge is 0.416 e. The van der Waals surface area contributed by atoms with Crippen LogP contribution in [0.5, 0.6) is 0 Å². The summed E-state index contributed by atoms with van der Waals surface area (Å²) in [5, 5.41) is 12.0. The van der Waals surface area contributed by atoms with Crippen molar-refractivity contribution in [2.45, 2.75) is 44.2 Å². The number of nitrogens with two attached hydrogens (primary N) is 1. The summed E-state index contributed by atoms with van der Waals surface area (Å²) in [5.74, 6) is -0.546. The van der Waals surface area contributed by atoms with Gasteiger partial charge in [-0.2, -0.15) is 39.9 Å². The minimum Gasteiger partial charge on any atom is -0.367 e. The number of aromatic nitrogens is 4. The molecular formula is C23H22F6N6O4S. The van der Waals surface area contributed by atoms with Gasteiger partial charge < -0.3 is 5.32 Å². The SMILES string of the molecule is NS(=O)(=O)OC[C@@H]1CCC(Nc2ncncc2C(=O)c2ccn(Cc3cc(C(F)(F)F)cc(C(F)(F)F)c3)n2)C1. The van der Waals surface area contributed by atoms with Crippen LogP contribution in [0.3, 0.4) is 0 Å². The van der Waals surface area contributed by atoms with E-state index in [0.717, 1.165) is 4.68 Å². The minimum atomic E-state index is -4.99. The Balaban J connectivity index is 1.49. The Kier molecular flexibility index (Phi) is 8.18. The molecule has 17 heteroatoms. The third-order valence-corrected chi connectivity index (χ3v) is 6.64. The number of halogens is 6. The van der Waals surface area contributed by atoms with Gasteiger partial charge in [0.2, 0.25) is 5.78 Å². The van der Waals surface area contributed by atoms with Crippen molar-refractivity contribution < 1.29 is 43.7 Å². The van der Waals surface area contributed by atoms with Crippen LogP contribution in [0.25, 0.3) is 0 Å². The average molecular weight is 593 g/mol. The van der Waals surface area contributed by atoms with Crippen molar-refractivity contribution in [1.82, 2.24) is 19.7 Å². The second kappa shape index (κ2) is 11.1. The zero-order valence-corrected chi connectivity index (χ0v) is 21.2. The highest BCUT2D eigenvalue weighted by Gasteiger charge is 2.37. The molecule has 0 radical (unpaired) electrons. The predicted octanol–water partition coefficient (Wildman–Crippen LogP) is 3.79. The molecule has 2 heterocycles. The molecule has 0 amide bonds. The van der Waals surface area contributed by atoms with Crippen LogP contribution in [0.2, 0.25) is 0 Å². The first-order valence-corrected chi connectivity index (χ1v) is 13.2. The molecule has 1 aliphatic carbocycles. The van der Waals surface area contributed by atoms with Gasteiger partial charge in [-0.3, -0.25) is 13.7 Å². The lowest BCUT2D eigenvalue weighted by Crippen LogP contribution is -2.22. The van der Waals surface area contributed by atoms with Gasteiger partial charge >= 0.3 is 22.7 Å². The monoisotopic (exact) mass is 592 g/mol. The Hall–Kier alpha value is -3.57. The van der Waals surface area contributed by atoms with E-state index in [0.29, 0.717) is 31.4 Å². The number of nitrogens with zero attached hydrogens (tertiary/aromatic N) is 4. The number of alkyl halides is 6. The van der Waals surface area contributed by atoms with Gasteiger partial charge in [-0.05, 0) is 55.0 Å². The maximum Gasteiger partial charge on any atom is 0.416 e. The van der Waals surface area contributed by atoms with Crippen LogP contribution in [0.15, 0.2) is 43.0 Å². The molecule has 40 heavy (non-hydrogen) atoms. The zero-order chi connectivity index (χ0) is 29.3. The highest BCUT2D eigenvalue weighted by molar-refractivity contribution is 7.84. The molecule has 1 aliphatic rings. The van der Waals surface area contributed by atoms with Crippen molar-refractivity contribution in [2.24, 2.45) is 11.1 Å². The quantitative estimate of drug-likeness (QED) is 0.282. The van der Waals surface area contributed by atoms with Gasteiger partial charge in [0.25, 0.3) is 0 Å². The lowest BCUT2D eigenvalue weighted by molar-refractivity contribution is -0.143. The number of anilines is 1. The number of benzene rings is 1. The smallest absolute Gasteiger partial charge is 0.367 e. The van der Waals surface area contributed by atoms with Crippen molar-refractivity contribution in [2.75, 3.05) is 11.9 Å². The molecule has 4 rings (SSSR count). The predicted molar refractivity (Wildman–Crippen MR) is 127 cm³/mol. The molecular weight excluding hydrogens is 570 g/mol. The number of carbonyl (C=O) groups is 1. The Morgan fingerprint density at radius 1 is 1.10 bits per heavy atom. The highest BCUT2D eigenvalue weighted by atomic mass is 32.2. The molecule has 0 aliphatic heterocycles. The summed E-state index contributed by atoms with van der Waals surface area (Å²) in [6.45, 7) is -0.541. The van der Waals surface area contributed by atoms with Crippen LogP contribution < -0.4 is 10.5 Å². The fraction of sp³-hybridized carbons (Fsp3) is 0.391. The molecule has 1 aromatic carbocycles. The molecule has 1 fully saturated rings. The van der Waals surface area contributed by atoms with Gasteiger partial charge in [-0.15, -0.1) is 0 Å². The minimum absolute atomic E-state index is 0.0329. The number of ketones is 1. The maximum absolute atomic E-state index is 13.2. The number of nitrogens with one attached hydrogen (secondary N) is 1. The van der Waals surface area contributed by atoms with Crippen LogP contribution in [0, 0.1) is 5.92 Å². The van der Waals surface area contributed by atoms with E-state index >= 15 is 0 Å². The number of carbonyl (C=O) groups excluding carboxylic acids is 1. The van der Waals surface area contributed by atoms with Gasteiger partial charge in [-0.1, -0.05) is 0 Å². The lowest BCUT2D eigenvalue weighted by atomic mass is 10.0. The average Bonchev–Trinajstić information content (AvgIpc) is 3.50. The van der Waals surface area contributed by atoms with Gasteiger partial charge in [-0.25, -0.2) is 15.1 Å². The van der Waals surface area contributed by atoms with E-state index in [1.807, 2.05) is 0 Å². The van der Waals surface area contributed by atoms with Gasteiger partial charge in [0.05, 0.1) is 29.8 Å². The van der Waals surface area contributed by atoms with E-state index in [-0.39, 0.29) is 47.3 Å². The maximum atomic E-state index is 13.2. The second-order valence-corrected chi connectivity index (χ2v) is 10.4. The third kappa shape index (κ3) is 7.54. The first kappa shape index (κ1) is 29.4. The Morgan fingerprint density at radius 2 is 1.77 bits per heavy atom. The zero-order valence-electron chi connectivity index (χ0n) is 20.4. The molecule has 3 aromatic rings. The molecule has 0 spiro atoms. The summed E-state index contributed by atoms with van der Waals surface area (Å²) in [6.07, 6.45) is -4.50. The Bertz CT molecular complexity index is 1460. The lowest BCUT2D eigenvalue weighted by Gasteiger charge is -2.15. The standard InChI is InChI=1S/C23H22F6N6O4S/c24-22(25,26)15-5-14(6-16(8-15)23(27,28)29)10-35-4-3-19(34-35)20(36)18-9-31-12-32-21(18)33-17-2-1-13(7-17)11-39-40(30,37)38/h3-6,8-9,12-13,17H,1-2,7,10-11H2,(H2,30,37,38)(H,31,32,33)/t13-,17?/m1/s1. The van der Waals surface area contributed by atoms with Crippen molar-refractivity contribution in [1.29, 1.82) is 0 Å². The van der Waals surface area contributed by atoms with Crippen molar-refractivity contribution in [3.63, 3.8) is 0 Å².